The zero-order valence-corrected chi connectivity index (χ0v) is 14.0. The van der Waals surface area contributed by atoms with Crippen LogP contribution in [0.2, 0.25) is 0 Å². The van der Waals surface area contributed by atoms with Gasteiger partial charge in [0.05, 0.1) is 7.11 Å². The lowest BCUT2D eigenvalue weighted by atomic mass is 10.0. The Kier molecular flexibility index (Phi) is 4.75. The van der Waals surface area contributed by atoms with Crippen LogP contribution in [0.25, 0.3) is 5.57 Å². The molecule has 2 aromatic carbocycles. The molecule has 1 aliphatic heterocycles. The maximum Gasteiger partial charge on any atom is 0.573 e. The van der Waals surface area contributed by atoms with E-state index in [9.17, 15) is 13.2 Å². The van der Waals surface area contributed by atoms with Gasteiger partial charge in [0, 0.05) is 28.7 Å². The number of benzene rings is 2. The summed E-state index contributed by atoms with van der Waals surface area (Å²) >= 11 is 0. The molecule has 0 aliphatic carbocycles. The zero-order chi connectivity index (χ0) is 18.7. The topological polar surface area (TPSA) is 21.7 Å². The molecule has 1 aliphatic rings. The van der Waals surface area contributed by atoms with Crippen molar-refractivity contribution in [3.63, 3.8) is 0 Å². The summed E-state index contributed by atoms with van der Waals surface area (Å²) in [6, 6.07) is 13.2. The molecule has 0 aromatic heterocycles. The molecule has 6 heteroatoms. The van der Waals surface area contributed by atoms with E-state index in [4.69, 9.17) is 4.74 Å². The standard InChI is InChI=1S/C20H16F3NO2/c1-14-7-8-15(18-5-3-4-6-19(18)25-2)13-24(14)16-9-11-17(12-10-16)26-20(21,22)23/h3-13H,1H2,2H3. The quantitative estimate of drug-likeness (QED) is 0.717. The number of anilines is 1. The molecule has 0 radical (unpaired) electrons. The van der Waals surface area contributed by atoms with Crippen molar-refractivity contribution in [2.75, 3.05) is 12.0 Å². The molecule has 1 heterocycles. The fourth-order valence-corrected chi connectivity index (χ4v) is 2.62. The first kappa shape index (κ1) is 17.7. The number of halogens is 3. The first-order valence-electron chi connectivity index (χ1n) is 7.74. The summed E-state index contributed by atoms with van der Waals surface area (Å²) in [5.41, 5.74) is 3.15. The van der Waals surface area contributed by atoms with Gasteiger partial charge >= 0.3 is 6.36 Å². The van der Waals surface area contributed by atoms with Crippen LogP contribution in [0.1, 0.15) is 5.56 Å². The van der Waals surface area contributed by atoms with Crippen molar-refractivity contribution in [2.45, 2.75) is 6.36 Å². The molecular formula is C20H16F3NO2. The fraction of sp³-hybridized carbons (Fsp3) is 0.100. The highest BCUT2D eigenvalue weighted by Crippen LogP contribution is 2.33. The van der Waals surface area contributed by atoms with E-state index in [-0.39, 0.29) is 5.75 Å². The molecule has 26 heavy (non-hydrogen) atoms. The molecule has 2 aromatic rings. The van der Waals surface area contributed by atoms with Crippen molar-refractivity contribution in [2.24, 2.45) is 0 Å². The van der Waals surface area contributed by atoms with E-state index in [1.54, 1.807) is 24.1 Å². The van der Waals surface area contributed by atoms with Crippen LogP contribution >= 0.6 is 0 Å². The number of hydrogen-bond acceptors (Lipinski definition) is 3. The van der Waals surface area contributed by atoms with Crippen LogP contribution in [0, 0.1) is 0 Å². The van der Waals surface area contributed by atoms with Crippen molar-refractivity contribution in [3.05, 3.63) is 84.7 Å². The second-order valence-electron chi connectivity index (χ2n) is 5.52. The maximum absolute atomic E-state index is 12.3. The van der Waals surface area contributed by atoms with Gasteiger partial charge in [-0.25, -0.2) is 0 Å². The average molecular weight is 359 g/mol. The number of allylic oxidation sites excluding steroid dienone is 3. The highest BCUT2D eigenvalue weighted by atomic mass is 19.4. The number of para-hydroxylation sites is 1. The normalized spacial score (nSPS) is 14.2. The van der Waals surface area contributed by atoms with Gasteiger partial charge in [-0.15, -0.1) is 13.2 Å². The van der Waals surface area contributed by atoms with E-state index in [1.165, 1.54) is 12.1 Å². The Morgan fingerprint density at radius 2 is 1.65 bits per heavy atom. The van der Waals surface area contributed by atoms with Gasteiger partial charge in [-0.3, -0.25) is 0 Å². The highest BCUT2D eigenvalue weighted by molar-refractivity contribution is 5.83. The van der Waals surface area contributed by atoms with Crippen LogP contribution in [0.15, 0.2) is 79.2 Å². The van der Waals surface area contributed by atoms with Crippen LogP contribution in [-0.2, 0) is 0 Å². The summed E-state index contributed by atoms with van der Waals surface area (Å²) < 4.78 is 46.2. The molecular weight excluding hydrogens is 343 g/mol. The van der Waals surface area contributed by atoms with Crippen molar-refractivity contribution in [3.8, 4) is 11.5 Å². The predicted molar refractivity (Wildman–Crippen MR) is 94.9 cm³/mol. The van der Waals surface area contributed by atoms with E-state index in [2.05, 4.69) is 11.3 Å². The van der Waals surface area contributed by atoms with Gasteiger partial charge in [-0.05, 0) is 36.4 Å². The molecule has 0 N–H and O–H groups in total. The lowest BCUT2D eigenvalue weighted by molar-refractivity contribution is -0.274. The summed E-state index contributed by atoms with van der Waals surface area (Å²) in [6.07, 6.45) is 0.898. The van der Waals surface area contributed by atoms with Crippen molar-refractivity contribution in [1.82, 2.24) is 0 Å². The molecule has 0 saturated carbocycles. The average Bonchev–Trinajstić information content (AvgIpc) is 2.62. The molecule has 3 rings (SSSR count). The predicted octanol–water partition coefficient (Wildman–Crippen LogP) is 5.52. The van der Waals surface area contributed by atoms with E-state index >= 15 is 0 Å². The Morgan fingerprint density at radius 1 is 0.962 bits per heavy atom. The summed E-state index contributed by atoms with van der Waals surface area (Å²) in [7, 11) is 1.60. The van der Waals surface area contributed by atoms with E-state index in [0.717, 1.165) is 16.9 Å². The van der Waals surface area contributed by atoms with E-state index in [1.807, 2.05) is 42.6 Å². The molecule has 3 nitrogen and oxygen atoms in total. The number of nitrogens with zero attached hydrogens (tertiary/aromatic N) is 1. The SMILES string of the molecule is C=C1C=CC(c2ccccc2OC)=CN1c1ccc(OC(F)(F)F)cc1. The third-order valence-corrected chi connectivity index (χ3v) is 3.80. The number of hydrogen-bond donors (Lipinski definition) is 0. The fourth-order valence-electron chi connectivity index (χ4n) is 2.62. The van der Waals surface area contributed by atoms with Gasteiger partial charge in [0.15, 0.2) is 0 Å². The second-order valence-corrected chi connectivity index (χ2v) is 5.52. The lowest BCUT2D eigenvalue weighted by Crippen LogP contribution is -2.18. The van der Waals surface area contributed by atoms with Gasteiger partial charge < -0.3 is 14.4 Å². The van der Waals surface area contributed by atoms with Crippen LogP contribution < -0.4 is 14.4 Å². The Hall–Kier alpha value is -3.15. The van der Waals surface area contributed by atoms with E-state index in [0.29, 0.717) is 11.4 Å². The first-order chi connectivity index (χ1) is 12.4. The van der Waals surface area contributed by atoms with Gasteiger partial charge in [0.1, 0.15) is 11.5 Å². The Bertz CT molecular complexity index is 867. The lowest BCUT2D eigenvalue weighted by Gasteiger charge is -2.26. The number of methoxy groups -OCH3 is 1. The molecule has 0 bridgehead atoms. The van der Waals surface area contributed by atoms with Crippen molar-refractivity contribution < 1.29 is 22.6 Å². The van der Waals surface area contributed by atoms with Gasteiger partial charge in [-0.1, -0.05) is 30.9 Å². The third-order valence-electron chi connectivity index (χ3n) is 3.80. The molecule has 0 atom stereocenters. The molecule has 0 saturated heterocycles. The number of rotatable bonds is 4. The molecule has 0 amide bonds. The minimum absolute atomic E-state index is 0.270. The Labute approximate surface area is 149 Å². The van der Waals surface area contributed by atoms with Gasteiger partial charge in [0.25, 0.3) is 0 Å². The summed E-state index contributed by atoms with van der Waals surface area (Å²) in [5.74, 6) is 0.457. The van der Waals surface area contributed by atoms with Crippen molar-refractivity contribution in [1.29, 1.82) is 0 Å². The first-order valence-corrected chi connectivity index (χ1v) is 7.74. The van der Waals surface area contributed by atoms with E-state index < -0.39 is 6.36 Å². The molecule has 0 fully saturated rings. The molecule has 0 spiro atoms. The minimum Gasteiger partial charge on any atom is -0.496 e. The summed E-state index contributed by atoms with van der Waals surface area (Å²) in [6.45, 7) is 3.98. The smallest absolute Gasteiger partial charge is 0.496 e. The molecule has 134 valence electrons. The monoisotopic (exact) mass is 359 g/mol. The second kappa shape index (κ2) is 7.00. The number of alkyl halides is 3. The molecule has 0 unspecified atom stereocenters. The Balaban J connectivity index is 1.90. The largest absolute Gasteiger partial charge is 0.573 e. The zero-order valence-electron chi connectivity index (χ0n) is 14.0. The van der Waals surface area contributed by atoms with Crippen molar-refractivity contribution >= 4 is 11.3 Å². The van der Waals surface area contributed by atoms with Gasteiger partial charge in [0.2, 0.25) is 0 Å². The van der Waals surface area contributed by atoms with Gasteiger partial charge in [-0.2, -0.15) is 0 Å². The maximum atomic E-state index is 12.3. The van der Waals surface area contributed by atoms with Crippen LogP contribution in [-0.4, -0.2) is 13.5 Å². The minimum atomic E-state index is -4.71. The summed E-state index contributed by atoms with van der Waals surface area (Å²) in [4.78, 5) is 1.79. The van der Waals surface area contributed by atoms with Crippen LogP contribution in [0.3, 0.4) is 0 Å². The Morgan fingerprint density at radius 3 is 2.31 bits per heavy atom. The van der Waals surface area contributed by atoms with Crippen LogP contribution in [0.5, 0.6) is 11.5 Å². The van der Waals surface area contributed by atoms with Crippen LogP contribution in [0.4, 0.5) is 18.9 Å². The summed E-state index contributed by atoms with van der Waals surface area (Å²) in [5, 5.41) is 0. The third kappa shape index (κ3) is 3.91. The highest BCUT2D eigenvalue weighted by Gasteiger charge is 2.31. The number of ether oxygens (including phenoxy) is 2.